The molecule has 0 radical (unpaired) electrons. The van der Waals surface area contributed by atoms with E-state index in [1.807, 2.05) is 6.07 Å². The first-order chi connectivity index (χ1) is 14.6. The number of methoxy groups -OCH3 is 1. The van der Waals surface area contributed by atoms with Gasteiger partial charge in [0.25, 0.3) is 5.91 Å². The molecule has 3 rings (SSSR count). The standard InChI is InChI=1S/C24H19FN2O3/c1-29-23-13-7-5-11-21(23)27-24(28)19(15-26)14-17-8-3-6-12-22(17)30-16-18-9-2-4-10-20(18)25/h2-14H,16H2,1H3,(H,27,28). The molecule has 0 bridgehead atoms. The number of nitrogens with one attached hydrogen (secondary N) is 1. The van der Waals surface area contributed by atoms with Crippen molar-refractivity contribution in [1.82, 2.24) is 0 Å². The van der Waals surface area contributed by atoms with Gasteiger partial charge < -0.3 is 14.8 Å². The zero-order valence-electron chi connectivity index (χ0n) is 16.3. The minimum absolute atomic E-state index is 0.0207. The van der Waals surface area contributed by atoms with Gasteiger partial charge in [-0.05, 0) is 30.3 Å². The van der Waals surface area contributed by atoms with E-state index in [1.54, 1.807) is 66.7 Å². The molecule has 0 aromatic heterocycles. The summed E-state index contributed by atoms with van der Waals surface area (Å²) < 4.78 is 24.8. The lowest BCUT2D eigenvalue weighted by atomic mass is 10.1. The molecule has 3 aromatic rings. The average Bonchev–Trinajstić information content (AvgIpc) is 2.78. The van der Waals surface area contributed by atoms with E-state index in [0.29, 0.717) is 28.3 Å². The second-order valence-corrected chi connectivity index (χ2v) is 6.24. The van der Waals surface area contributed by atoms with Crippen molar-refractivity contribution in [2.24, 2.45) is 0 Å². The molecule has 0 aliphatic carbocycles. The number of halogens is 1. The number of anilines is 1. The fraction of sp³-hybridized carbons (Fsp3) is 0.0833. The average molecular weight is 402 g/mol. The minimum atomic E-state index is -0.578. The molecule has 0 unspecified atom stereocenters. The van der Waals surface area contributed by atoms with Crippen molar-refractivity contribution in [2.45, 2.75) is 6.61 Å². The summed E-state index contributed by atoms with van der Waals surface area (Å²) in [6.45, 7) is 0.0207. The van der Waals surface area contributed by atoms with Gasteiger partial charge in [0, 0.05) is 11.1 Å². The number of hydrogen-bond donors (Lipinski definition) is 1. The van der Waals surface area contributed by atoms with Gasteiger partial charge in [-0.3, -0.25) is 4.79 Å². The monoisotopic (exact) mass is 402 g/mol. The van der Waals surface area contributed by atoms with Crippen molar-refractivity contribution in [2.75, 3.05) is 12.4 Å². The maximum absolute atomic E-state index is 13.8. The van der Waals surface area contributed by atoms with Crippen LogP contribution in [0.2, 0.25) is 0 Å². The van der Waals surface area contributed by atoms with Crippen molar-refractivity contribution < 1.29 is 18.7 Å². The van der Waals surface area contributed by atoms with Crippen LogP contribution in [0, 0.1) is 17.1 Å². The van der Waals surface area contributed by atoms with E-state index in [2.05, 4.69) is 5.32 Å². The molecule has 0 fully saturated rings. The van der Waals surface area contributed by atoms with Crippen LogP contribution < -0.4 is 14.8 Å². The number of amides is 1. The zero-order chi connectivity index (χ0) is 21.3. The van der Waals surface area contributed by atoms with E-state index in [4.69, 9.17) is 9.47 Å². The molecule has 5 nitrogen and oxygen atoms in total. The van der Waals surface area contributed by atoms with Gasteiger partial charge in [0.15, 0.2) is 0 Å². The van der Waals surface area contributed by atoms with E-state index in [1.165, 1.54) is 19.3 Å². The SMILES string of the molecule is COc1ccccc1NC(=O)C(C#N)=Cc1ccccc1OCc1ccccc1F. The van der Waals surface area contributed by atoms with Crippen molar-refractivity contribution in [1.29, 1.82) is 5.26 Å². The first-order valence-electron chi connectivity index (χ1n) is 9.13. The molecule has 6 heteroatoms. The van der Waals surface area contributed by atoms with E-state index < -0.39 is 5.91 Å². The first-order valence-corrected chi connectivity index (χ1v) is 9.13. The highest BCUT2D eigenvalue weighted by Crippen LogP contribution is 2.25. The van der Waals surface area contributed by atoms with Crippen LogP contribution in [0.3, 0.4) is 0 Å². The third-order valence-corrected chi connectivity index (χ3v) is 4.28. The Bertz CT molecular complexity index is 1120. The number of rotatable bonds is 7. The maximum Gasteiger partial charge on any atom is 0.266 e. The van der Waals surface area contributed by atoms with Crippen molar-refractivity contribution in [3.05, 3.63) is 95.3 Å². The molecule has 0 aliphatic heterocycles. The normalized spacial score (nSPS) is 10.8. The topological polar surface area (TPSA) is 71.3 Å². The van der Waals surface area contributed by atoms with Gasteiger partial charge in [0.2, 0.25) is 0 Å². The van der Waals surface area contributed by atoms with Gasteiger partial charge in [0.05, 0.1) is 12.8 Å². The number of ether oxygens (including phenoxy) is 2. The molecule has 0 saturated heterocycles. The molecule has 1 amide bonds. The summed E-state index contributed by atoms with van der Waals surface area (Å²) in [4.78, 5) is 12.6. The Hall–Kier alpha value is -4.11. The molecule has 3 aromatic carbocycles. The lowest BCUT2D eigenvalue weighted by molar-refractivity contribution is -0.112. The summed E-state index contributed by atoms with van der Waals surface area (Å²) in [6.07, 6.45) is 1.43. The summed E-state index contributed by atoms with van der Waals surface area (Å²) in [5.74, 6) is -0.0271. The largest absolute Gasteiger partial charge is 0.495 e. The van der Waals surface area contributed by atoms with Crippen LogP contribution in [0.4, 0.5) is 10.1 Å². The number of hydrogen-bond acceptors (Lipinski definition) is 4. The van der Waals surface area contributed by atoms with Crippen molar-refractivity contribution in [3.8, 4) is 17.6 Å². The first kappa shape index (κ1) is 20.6. The second-order valence-electron chi connectivity index (χ2n) is 6.24. The molecule has 30 heavy (non-hydrogen) atoms. The molecule has 0 aliphatic rings. The predicted molar refractivity (Wildman–Crippen MR) is 112 cm³/mol. The molecule has 0 saturated carbocycles. The van der Waals surface area contributed by atoms with Crippen molar-refractivity contribution in [3.63, 3.8) is 0 Å². The van der Waals surface area contributed by atoms with Crippen LogP contribution >= 0.6 is 0 Å². The molecule has 0 spiro atoms. The maximum atomic E-state index is 13.8. The number of carbonyl (C=O) groups excluding carboxylic acids is 1. The number of nitriles is 1. The van der Waals surface area contributed by atoms with Crippen LogP contribution in [-0.4, -0.2) is 13.0 Å². The molecular formula is C24H19FN2O3. The Kier molecular flexibility index (Phi) is 6.80. The van der Waals surface area contributed by atoms with E-state index in [-0.39, 0.29) is 18.0 Å². The Morgan fingerprint density at radius 3 is 2.43 bits per heavy atom. The lowest BCUT2D eigenvalue weighted by Gasteiger charge is -2.11. The molecular weight excluding hydrogens is 383 g/mol. The highest BCUT2D eigenvalue weighted by molar-refractivity contribution is 6.10. The predicted octanol–water partition coefficient (Wildman–Crippen LogP) is 4.96. The van der Waals surface area contributed by atoms with Gasteiger partial charge >= 0.3 is 0 Å². The quantitative estimate of drug-likeness (QED) is 0.448. The highest BCUT2D eigenvalue weighted by Gasteiger charge is 2.13. The Morgan fingerprint density at radius 1 is 1.03 bits per heavy atom. The van der Waals surface area contributed by atoms with Crippen molar-refractivity contribution >= 4 is 17.7 Å². The van der Waals surface area contributed by atoms with E-state index in [9.17, 15) is 14.4 Å². The lowest BCUT2D eigenvalue weighted by Crippen LogP contribution is -2.14. The Morgan fingerprint density at radius 2 is 1.70 bits per heavy atom. The third kappa shape index (κ3) is 5.03. The van der Waals surface area contributed by atoms with Gasteiger partial charge in [-0.15, -0.1) is 0 Å². The molecule has 0 heterocycles. The van der Waals surface area contributed by atoms with Gasteiger partial charge in [0.1, 0.15) is 35.6 Å². The number of nitrogens with zero attached hydrogens (tertiary/aromatic N) is 1. The zero-order valence-corrected chi connectivity index (χ0v) is 16.3. The van der Waals surface area contributed by atoms with Crippen LogP contribution in [0.5, 0.6) is 11.5 Å². The molecule has 1 N–H and O–H groups in total. The second kappa shape index (κ2) is 9.89. The van der Waals surface area contributed by atoms with E-state index >= 15 is 0 Å². The smallest absolute Gasteiger partial charge is 0.266 e. The van der Waals surface area contributed by atoms with Gasteiger partial charge in [-0.25, -0.2) is 4.39 Å². The van der Waals surface area contributed by atoms with Gasteiger partial charge in [-0.2, -0.15) is 5.26 Å². The van der Waals surface area contributed by atoms with E-state index in [0.717, 1.165) is 0 Å². The summed E-state index contributed by atoms with van der Waals surface area (Å²) >= 11 is 0. The fourth-order valence-corrected chi connectivity index (χ4v) is 2.74. The summed E-state index contributed by atoms with van der Waals surface area (Å²) in [7, 11) is 1.50. The van der Waals surface area contributed by atoms with Crippen LogP contribution in [0.25, 0.3) is 6.08 Å². The summed E-state index contributed by atoms with van der Waals surface area (Å²) in [6, 6.07) is 22.1. The Labute approximate surface area is 174 Å². The third-order valence-electron chi connectivity index (χ3n) is 4.28. The van der Waals surface area contributed by atoms with Crippen LogP contribution in [0.15, 0.2) is 78.4 Å². The minimum Gasteiger partial charge on any atom is -0.495 e. The van der Waals surface area contributed by atoms with Gasteiger partial charge in [-0.1, -0.05) is 48.5 Å². The highest BCUT2D eigenvalue weighted by atomic mass is 19.1. The number of benzene rings is 3. The number of para-hydroxylation sites is 3. The molecule has 150 valence electrons. The Balaban J connectivity index is 1.81. The fourth-order valence-electron chi connectivity index (χ4n) is 2.74. The summed E-state index contributed by atoms with van der Waals surface area (Å²) in [5, 5.41) is 12.2. The van der Waals surface area contributed by atoms with Crippen LogP contribution in [0.1, 0.15) is 11.1 Å². The molecule has 0 atom stereocenters. The van der Waals surface area contributed by atoms with Crippen LogP contribution in [-0.2, 0) is 11.4 Å². The summed E-state index contributed by atoms with van der Waals surface area (Å²) in [5.41, 5.74) is 1.28. The number of carbonyl (C=O) groups is 1.